The molecule has 0 aliphatic rings. The van der Waals surface area contributed by atoms with Gasteiger partial charge in [-0.25, -0.2) is 0 Å². The van der Waals surface area contributed by atoms with Gasteiger partial charge in [-0.3, -0.25) is 4.79 Å². The Morgan fingerprint density at radius 3 is 2.80 bits per heavy atom. The zero-order chi connectivity index (χ0) is 7.72. The third kappa shape index (κ3) is 1.14. The van der Waals surface area contributed by atoms with Crippen LogP contribution in [0.3, 0.4) is 0 Å². The Kier molecular flexibility index (Phi) is 1.68. The normalized spacial score (nSPS) is 9.80. The Balaban J connectivity index is 3.43. The summed E-state index contributed by atoms with van der Waals surface area (Å²) < 4.78 is 0. The van der Waals surface area contributed by atoms with E-state index in [0.717, 1.165) is 5.56 Å². The number of halogens is 1. The molecule has 0 aliphatic heterocycles. The molecular formula is C6H7ClN2O. The van der Waals surface area contributed by atoms with Crippen molar-refractivity contribution in [3.05, 3.63) is 27.1 Å². The van der Waals surface area contributed by atoms with Crippen LogP contribution >= 0.6 is 11.6 Å². The number of aryl methyl sites for hydroxylation is 1. The molecule has 1 aromatic rings. The molecule has 1 rings (SSSR count). The molecule has 0 spiro atoms. The smallest absolute Gasteiger partial charge is 0.272 e. The van der Waals surface area contributed by atoms with Crippen molar-refractivity contribution in [2.75, 3.05) is 5.73 Å². The standard InChI is InChI=1S/C6H7ClN2O/c1-3-2-4(8)6(10)9-5(3)7/h2H,8H2,1H3,(H,9,10). The van der Waals surface area contributed by atoms with Gasteiger partial charge in [0, 0.05) is 0 Å². The van der Waals surface area contributed by atoms with Gasteiger partial charge in [0.05, 0.1) is 5.69 Å². The highest BCUT2D eigenvalue weighted by Gasteiger charge is 1.98. The maximum Gasteiger partial charge on any atom is 0.272 e. The molecule has 0 amide bonds. The van der Waals surface area contributed by atoms with E-state index >= 15 is 0 Å². The van der Waals surface area contributed by atoms with E-state index in [9.17, 15) is 4.79 Å². The molecule has 0 atom stereocenters. The van der Waals surface area contributed by atoms with Gasteiger partial charge in [0.2, 0.25) is 0 Å². The Labute approximate surface area is 62.8 Å². The van der Waals surface area contributed by atoms with E-state index in [2.05, 4.69) is 4.98 Å². The van der Waals surface area contributed by atoms with Crippen molar-refractivity contribution >= 4 is 17.3 Å². The summed E-state index contributed by atoms with van der Waals surface area (Å²) in [6, 6.07) is 1.54. The summed E-state index contributed by atoms with van der Waals surface area (Å²) in [4.78, 5) is 13.1. The van der Waals surface area contributed by atoms with Crippen LogP contribution < -0.4 is 11.3 Å². The van der Waals surface area contributed by atoms with Gasteiger partial charge >= 0.3 is 0 Å². The quantitative estimate of drug-likeness (QED) is 0.552. The van der Waals surface area contributed by atoms with Crippen LogP contribution in [0.15, 0.2) is 10.9 Å². The van der Waals surface area contributed by atoms with Crippen LogP contribution in [0.5, 0.6) is 0 Å². The minimum absolute atomic E-state index is 0.196. The second-order valence-electron chi connectivity index (χ2n) is 2.05. The molecule has 0 radical (unpaired) electrons. The van der Waals surface area contributed by atoms with Gasteiger partial charge in [0.25, 0.3) is 5.56 Å². The lowest BCUT2D eigenvalue weighted by Gasteiger charge is -1.96. The maximum atomic E-state index is 10.7. The van der Waals surface area contributed by atoms with Crippen molar-refractivity contribution < 1.29 is 0 Å². The van der Waals surface area contributed by atoms with Crippen molar-refractivity contribution in [3.63, 3.8) is 0 Å². The largest absolute Gasteiger partial charge is 0.394 e. The van der Waals surface area contributed by atoms with E-state index < -0.39 is 0 Å². The Morgan fingerprint density at radius 2 is 2.30 bits per heavy atom. The molecule has 3 nitrogen and oxygen atoms in total. The van der Waals surface area contributed by atoms with E-state index in [4.69, 9.17) is 17.3 Å². The second kappa shape index (κ2) is 2.34. The topological polar surface area (TPSA) is 58.9 Å². The summed E-state index contributed by atoms with van der Waals surface area (Å²) in [6.07, 6.45) is 0. The first-order chi connectivity index (χ1) is 4.61. The number of hydrogen-bond acceptors (Lipinski definition) is 2. The number of nitrogen functional groups attached to an aromatic ring is 1. The minimum atomic E-state index is -0.337. The van der Waals surface area contributed by atoms with Crippen molar-refractivity contribution in [1.82, 2.24) is 4.98 Å². The summed E-state index contributed by atoms with van der Waals surface area (Å²) in [6.45, 7) is 1.77. The zero-order valence-corrected chi connectivity index (χ0v) is 6.20. The van der Waals surface area contributed by atoms with Gasteiger partial charge in [0.1, 0.15) is 5.15 Å². The first-order valence-corrected chi connectivity index (χ1v) is 3.14. The Bertz CT molecular complexity index is 305. The third-order valence-corrected chi connectivity index (χ3v) is 1.60. The Hall–Kier alpha value is -0.960. The van der Waals surface area contributed by atoms with Crippen LogP contribution in [0.4, 0.5) is 5.69 Å². The van der Waals surface area contributed by atoms with Gasteiger partial charge in [-0.05, 0) is 18.6 Å². The fraction of sp³-hybridized carbons (Fsp3) is 0.167. The van der Waals surface area contributed by atoms with Crippen LogP contribution in [0.2, 0.25) is 5.15 Å². The van der Waals surface area contributed by atoms with Crippen LogP contribution in [0.25, 0.3) is 0 Å². The lowest BCUT2D eigenvalue weighted by Crippen LogP contribution is -2.11. The molecule has 0 bridgehead atoms. The number of nitrogens with one attached hydrogen (secondary N) is 1. The molecule has 3 N–H and O–H groups in total. The Morgan fingerprint density at radius 1 is 1.70 bits per heavy atom. The van der Waals surface area contributed by atoms with E-state index in [1.807, 2.05) is 0 Å². The lowest BCUT2D eigenvalue weighted by molar-refractivity contribution is 1.20. The highest BCUT2D eigenvalue weighted by atomic mass is 35.5. The number of hydrogen-bond donors (Lipinski definition) is 2. The van der Waals surface area contributed by atoms with Crippen LogP contribution in [0.1, 0.15) is 5.56 Å². The van der Waals surface area contributed by atoms with Gasteiger partial charge in [-0.15, -0.1) is 0 Å². The number of nitrogens with two attached hydrogens (primary N) is 1. The van der Waals surface area contributed by atoms with E-state index in [0.29, 0.717) is 5.15 Å². The van der Waals surface area contributed by atoms with Gasteiger partial charge in [0.15, 0.2) is 0 Å². The molecule has 0 fully saturated rings. The van der Waals surface area contributed by atoms with Gasteiger partial charge in [-0.1, -0.05) is 11.6 Å². The van der Waals surface area contributed by atoms with Crippen molar-refractivity contribution in [3.8, 4) is 0 Å². The number of pyridine rings is 1. The highest BCUT2D eigenvalue weighted by Crippen LogP contribution is 2.09. The first-order valence-electron chi connectivity index (χ1n) is 2.76. The molecule has 10 heavy (non-hydrogen) atoms. The zero-order valence-electron chi connectivity index (χ0n) is 5.44. The van der Waals surface area contributed by atoms with E-state index in [1.165, 1.54) is 0 Å². The predicted molar refractivity (Wildman–Crippen MR) is 41.2 cm³/mol. The van der Waals surface area contributed by atoms with Crippen LogP contribution in [-0.2, 0) is 0 Å². The SMILES string of the molecule is Cc1cc(N)c(=O)[nH]c1Cl. The molecule has 0 aliphatic carbocycles. The average Bonchev–Trinajstić information content (AvgIpc) is 1.84. The van der Waals surface area contributed by atoms with Crippen LogP contribution in [-0.4, -0.2) is 4.98 Å². The highest BCUT2D eigenvalue weighted by molar-refractivity contribution is 6.30. The monoisotopic (exact) mass is 158 g/mol. The summed E-state index contributed by atoms with van der Waals surface area (Å²) in [5.41, 5.74) is 5.92. The fourth-order valence-electron chi connectivity index (χ4n) is 0.633. The van der Waals surface area contributed by atoms with Crippen molar-refractivity contribution in [2.45, 2.75) is 6.92 Å². The molecule has 0 unspecified atom stereocenters. The minimum Gasteiger partial charge on any atom is -0.394 e. The third-order valence-electron chi connectivity index (χ3n) is 1.20. The first kappa shape index (κ1) is 7.15. The fourth-order valence-corrected chi connectivity index (χ4v) is 0.773. The molecule has 1 heterocycles. The van der Waals surface area contributed by atoms with Crippen molar-refractivity contribution in [1.29, 1.82) is 0 Å². The molecule has 0 saturated heterocycles. The van der Waals surface area contributed by atoms with Crippen molar-refractivity contribution in [2.24, 2.45) is 0 Å². The molecule has 1 aromatic heterocycles. The van der Waals surface area contributed by atoms with Gasteiger partial charge < -0.3 is 10.7 Å². The number of aromatic amines is 1. The molecule has 0 saturated carbocycles. The molecule has 0 aromatic carbocycles. The molecule has 54 valence electrons. The summed E-state index contributed by atoms with van der Waals surface area (Å²) >= 11 is 5.57. The number of H-pyrrole nitrogens is 1. The lowest BCUT2D eigenvalue weighted by atomic mass is 10.3. The number of anilines is 1. The van der Waals surface area contributed by atoms with Crippen LogP contribution in [0, 0.1) is 6.92 Å². The number of aromatic nitrogens is 1. The molecular weight excluding hydrogens is 152 g/mol. The summed E-state index contributed by atoms with van der Waals surface area (Å²) in [5.74, 6) is 0. The maximum absolute atomic E-state index is 10.7. The number of rotatable bonds is 0. The second-order valence-corrected chi connectivity index (χ2v) is 2.43. The summed E-state index contributed by atoms with van der Waals surface area (Å²) in [7, 11) is 0. The van der Waals surface area contributed by atoms with E-state index in [-0.39, 0.29) is 11.2 Å². The average molecular weight is 159 g/mol. The molecule has 4 heteroatoms. The predicted octanol–water partition coefficient (Wildman–Crippen LogP) is 0.919. The van der Waals surface area contributed by atoms with Gasteiger partial charge in [-0.2, -0.15) is 0 Å². The van der Waals surface area contributed by atoms with E-state index in [1.54, 1.807) is 13.0 Å². The summed E-state index contributed by atoms with van der Waals surface area (Å²) in [5, 5.41) is 0.346.